The zero-order chi connectivity index (χ0) is 12.3. The molecule has 1 aliphatic rings. The molecule has 0 spiro atoms. The monoisotopic (exact) mass is 235 g/mol. The Bertz CT molecular complexity index is 345. The molecule has 1 saturated carbocycles. The highest BCUT2D eigenvalue weighted by atomic mass is 15.1. The molecule has 96 valence electrons. The topological polar surface area (TPSA) is 43.8 Å². The van der Waals surface area contributed by atoms with Crippen LogP contribution in [0, 0.1) is 11.8 Å². The fourth-order valence-corrected chi connectivity index (χ4v) is 3.15. The van der Waals surface area contributed by atoms with Crippen LogP contribution in [0.4, 0.5) is 0 Å². The number of hydrogen-bond acceptors (Lipinski definition) is 2. The normalized spacial score (nSPS) is 26.3. The van der Waals surface area contributed by atoms with E-state index < -0.39 is 0 Å². The van der Waals surface area contributed by atoms with Gasteiger partial charge in [-0.15, -0.1) is 0 Å². The van der Waals surface area contributed by atoms with Gasteiger partial charge in [0.05, 0.1) is 0 Å². The van der Waals surface area contributed by atoms with E-state index in [1.807, 2.05) is 6.20 Å². The molecule has 0 aliphatic heterocycles. The maximum absolute atomic E-state index is 6.37. The Labute approximate surface area is 104 Å². The Morgan fingerprint density at radius 1 is 1.53 bits per heavy atom. The molecule has 1 aliphatic carbocycles. The number of imidazole rings is 1. The van der Waals surface area contributed by atoms with Gasteiger partial charge < -0.3 is 10.3 Å². The molecular formula is C14H25N3. The molecule has 0 bridgehead atoms. The lowest BCUT2D eigenvalue weighted by molar-refractivity contribution is 0.337. The molecule has 1 fully saturated rings. The van der Waals surface area contributed by atoms with Crippen LogP contribution < -0.4 is 5.73 Å². The van der Waals surface area contributed by atoms with Crippen LogP contribution in [-0.4, -0.2) is 15.6 Å². The summed E-state index contributed by atoms with van der Waals surface area (Å²) >= 11 is 0. The molecule has 0 radical (unpaired) electrons. The van der Waals surface area contributed by atoms with Crippen LogP contribution in [0.3, 0.4) is 0 Å². The second-order valence-corrected chi connectivity index (χ2v) is 5.48. The summed E-state index contributed by atoms with van der Waals surface area (Å²) < 4.78 is 2.25. The molecule has 0 saturated heterocycles. The summed E-state index contributed by atoms with van der Waals surface area (Å²) in [7, 11) is 0. The van der Waals surface area contributed by atoms with Crippen LogP contribution in [0.1, 0.15) is 45.4 Å². The summed E-state index contributed by atoms with van der Waals surface area (Å²) in [5.74, 6) is 2.65. The van der Waals surface area contributed by atoms with E-state index in [0.717, 1.165) is 25.3 Å². The summed E-state index contributed by atoms with van der Waals surface area (Å²) in [5, 5.41) is 0. The van der Waals surface area contributed by atoms with Gasteiger partial charge in [0.15, 0.2) is 0 Å². The molecule has 0 amide bonds. The third-order valence-electron chi connectivity index (χ3n) is 4.16. The van der Waals surface area contributed by atoms with Gasteiger partial charge in [-0.3, -0.25) is 0 Å². The molecule has 3 nitrogen and oxygen atoms in total. The van der Waals surface area contributed by atoms with Crippen molar-refractivity contribution in [1.29, 1.82) is 0 Å². The minimum absolute atomic E-state index is 0.283. The molecule has 1 heterocycles. The Balaban J connectivity index is 1.97. The van der Waals surface area contributed by atoms with Crippen molar-refractivity contribution in [2.45, 2.75) is 58.5 Å². The van der Waals surface area contributed by atoms with E-state index in [-0.39, 0.29) is 6.04 Å². The SMILES string of the molecule is CCCn1ccnc1CC(N)C1CCCC1C. The third-order valence-corrected chi connectivity index (χ3v) is 4.16. The average Bonchev–Trinajstić information content (AvgIpc) is 2.89. The van der Waals surface area contributed by atoms with E-state index in [0.29, 0.717) is 5.92 Å². The Kier molecular flexibility index (Phi) is 4.21. The van der Waals surface area contributed by atoms with Gasteiger partial charge in [-0.25, -0.2) is 4.98 Å². The Morgan fingerprint density at radius 3 is 3.00 bits per heavy atom. The zero-order valence-electron chi connectivity index (χ0n) is 11.1. The fourth-order valence-electron chi connectivity index (χ4n) is 3.15. The van der Waals surface area contributed by atoms with Crippen LogP contribution in [0.2, 0.25) is 0 Å². The minimum atomic E-state index is 0.283. The van der Waals surface area contributed by atoms with Gasteiger partial charge in [0.1, 0.15) is 5.82 Å². The summed E-state index contributed by atoms with van der Waals surface area (Å²) in [5.41, 5.74) is 6.37. The van der Waals surface area contributed by atoms with Crippen molar-refractivity contribution in [3.8, 4) is 0 Å². The third kappa shape index (κ3) is 2.89. The van der Waals surface area contributed by atoms with Gasteiger partial charge >= 0.3 is 0 Å². The number of aromatic nitrogens is 2. The smallest absolute Gasteiger partial charge is 0.110 e. The first-order chi connectivity index (χ1) is 8.22. The van der Waals surface area contributed by atoms with Gasteiger partial charge in [-0.1, -0.05) is 26.7 Å². The van der Waals surface area contributed by atoms with Crippen LogP contribution >= 0.6 is 0 Å². The van der Waals surface area contributed by atoms with E-state index >= 15 is 0 Å². The molecular weight excluding hydrogens is 210 g/mol. The first-order valence-electron chi connectivity index (χ1n) is 6.98. The van der Waals surface area contributed by atoms with E-state index in [1.54, 1.807) is 0 Å². The average molecular weight is 235 g/mol. The first-order valence-corrected chi connectivity index (χ1v) is 6.98. The van der Waals surface area contributed by atoms with E-state index in [2.05, 4.69) is 29.6 Å². The van der Waals surface area contributed by atoms with E-state index in [1.165, 1.54) is 25.1 Å². The van der Waals surface area contributed by atoms with Gasteiger partial charge in [0, 0.05) is 31.4 Å². The minimum Gasteiger partial charge on any atom is -0.335 e. The molecule has 3 atom stereocenters. The molecule has 3 unspecified atom stereocenters. The van der Waals surface area contributed by atoms with Crippen molar-refractivity contribution < 1.29 is 0 Å². The lowest BCUT2D eigenvalue weighted by Crippen LogP contribution is -2.34. The molecule has 1 aromatic rings. The molecule has 17 heavy (non-hydrogen) atoms. The van der Waals surface area contributed by atoms with Gasteiger partial charge in [-0.2, -0.15) is 0 Å². The number of nitrogens with zero attached hydrogens (tertiary/aromatic N) is 2. The van der Waals surface area contributed by atoms with Crippen molar-refractivity contribution in [3.05, 3.63) is 18.2 Å². The molecule has 2 rings (SSSR count). The van der Waals surface area contributed by atoms with Crippen molar-refractivity contribution in [2.75, 3.05) is 0 Å². The second-order valence-electron chi connectivity index (χ2n) is 5.48. The maximum atomic E-state index is 6.37. The molecule has 0 aromatic carbocycles. The number of nitrogens with two attached hydrogens (primary N) is 1. The van der Waals surface area contributed by atoms with Crippen molar-refractivity contribution in [3.63, 3.8) is 0 Å². The predicted molar refractivity (Wildman–Crippen MR) is 70.7 cm³/mol. The number of aryl methyl sites for hydroxylation is 1. The summed E-state index contributed by atoms with van der Waals surface area (Å²) in [6, 6.07) is 0.283. The highest BCUT2D eigenvalue weighted by molar-refractivity contribution is 4.97. The van der Waals surface area contributed by atoms with E-state index in [4.69, 9.17) is 5.73 Å². The first kappa shape index (κ1) is 12.6. The number of rotatable bonds is 5. The van der Waals surface area contributed by atoms with Gasteiger partial charge in [-0.05, 0) is 24.7 Å². The summed E-state index contributed by atoms with van der Waals surface area (Å²) in [6.45, 7) is 5.60. The zero-order valence-corrected chi connectivity index (χ0v) is 11.1. The van der Waals surface area contributed by atoms with E-state index in [9.17, 15) is 0 Å². The Hall–Kier alpha value is -0.830. The molecule has 3 heteroatoms. The fraction of sp³-hybridized carbons (Fsp3) is 0.786. The van der Waals surface area contributed by atoms with Crippen LogP contribution in [0.25, 0.3) is 0 Å². The largest absolute Gasteiger partial charge is 0.335 e. The van der Waals surface area contributed by atoms with Crippen molar-refractivity contribution in [2.24, 2.45) is 17.6 Å². The highest BCUT2D eigenvalue weighted by Gasteiger charge is 2.29. The van der Waals surface area contributed by atoms with Gasteiger partial charge in [0.25, 0.3) is 0 Å². The lowest BCUT2D eigenvalue weighted by atomic mass is 9.89. The van der Waals surface area contributed by atoms with Crippen molar-refractivity contribution in [1.82, 2.24) is 9.55 Å². The predicted octanol–water partition coefficient (Wildman–Crippen LogP) is 2.60. The second kappa shape index (κ2) is 5.67. The molecule has 1 aromatic heterocycles. The van der Waals surface area contributed by atoms with Gasteiger partial charge in [0.2, 0.25) is 0 Å². The summed E-state index contributed by atoms with van der Waals surface area (Å²) in [4.78, 5) is 4.45. The number of hydrogen-bond donors (Lipinski definition) is 1. The van der Waals surface area contributed by atoms with Crippen LogP contribution in [-0.2, 0) is 13.0 Å². The van der Waals surface area contributed by atoms with Crippen molar-refractivity contribution >= 4 is 0 Å². The maximum Gasteiger partial charge on any atom is 0.110 e. The Morgan fingerprint density at radius 2 is 2.35 bits per heavy atom. The standard InChI is InChI=1S/C14H25N3/c1-3-8-17-9-7-16-14(17)10-13(15)12-6-4-5-11(12)2/h7,9,11-13H,3-6,8,10,15H2,1-2H3. The highest BCUT2D eigenvalue weighted by Crippen LogP contribution is 2.33. The summed E-state index contributed by atoms with van der Waals surface area (Å²) in [6.07, 6.45) is 10.1. The van der Waals surface area contributed by atoms with Crippen LogP contribution in [0.5, 0.6) is 0 Å². The molecule has 2 N–H and O–H groups in total. The lowest BCUT2D eigenvalue weighted by Gasteiger charge is -2.23. The quantitative estimate of drug-likeness (QED) is 0.852. The van der Waals surface area contributed by atoms with Crippen LogP contribution in [0.15, 0.2) is 12.4 Å².